The Morgan fingerprint density at radius 3 is 2.42 bits per heavy atom. The van der Waals surface area contributed by atoms with Crippen LogP contribution in [0.5, 0.6) is 0 Å². The molecule has 0 bridgehead atoms. The van der Waals surface area contributed by atoms with Crippen molar-refractivity contribution in [3.8, 4) is 0 Å². The molecule has 0 radical (unpaired) electrons. The highest BCUT2D eigenvalue weighted by molar-refractivity contribution is 6.01. The molecule has 3 atom stereocenters. The molecule has 2 heterocycles. The van der Waals surface area contributed by atoms with Crippen LogP contribution in [-0.4, -0.2) is 24.1 Å². The number of benzene rings is 1. The summed E-state index contributed by atoms with van der Waals surface area (Å²) in [6, 6.07) is 7.27. The molecule has 1 aromatic carbocycles. The minimum Gasteiger partial charge on any atom is -0.459 e. The van der Waals surface area contributed by atoms with Crippen molar-refractivity contribution < 1.29 is 19.1 Å². The largest absolute Gasteiger partial charge is 0.459 e. The summed E-state index contributed by atoms with van der Waals surface area (Å²) in [5, 5.41) is 0. The topological polar surface area (TPSA) is 78.6 Å². The molecule has 0 amide bonds. The van der Waals surface area contributed by atoms with E-state index >= 15 is 0 Å². The average molecular weight is 357 g/mol. The maximum absolute atomic E-state index is 12.3. The van der Waals surface area contributed by atoms with Gasteiger partial charge < -0.3 is 15.2 Å². The van der Waals surface area contributed by atoms with E-state index in [-0.39, 0.29) is 12.0 Å². The van der Waals surface area contributed by atoms with Gasteiger partial charge in [0, 0.05) is 11.3 Å². The van der Waals surface area contributed by atoms with Crippen LogP contribution in [0, 0.1) is 5.92 Å². The highest BCUT2D eigenvalue weighted by atomic mass is 16.6. The van der Waals surface area contributed by atoms with Crippen LogP contribution in [0.25, 0.3) is 6.08 Å². The quantitative estimate of drug-likeness (QED) is 0.331. The average Bonchev–Trinajstić information content (AvgIpc) is 3.10. The number of esters is 2. The molecule has 140 valence electrons. The molecule has 2 N–H and O–H groups in total. The second kappa shape index (κ2) is 8.39. The molecule has 0 saturated carbocycles. The van der Waals surface area contributed by atoms with Gasteiger partial charge in [-0.15, -0.1) is 0 Å². The second-order valence-electron chi connectivity index (χ2n) is 7.15. The number of nitrogen functional groups attached to an aromatic ring is 1. The predicted molar refractivity (Wildman–Crippen MR) is 100 cm³/mol. The van der Waals surface area contributed by atoms with Gasteiger partial charge in [-0.3, -0.25) is 0 Å². The second-order valence-corrected chi connectivity index (χ2v) is 7.15. The van der Waals surface area contributed by atoms with Gasteiger partial charge in [-0.25, -0.2) is 9.59 Å². The molecule has 2 aliphatic heterocycles. The zero-order valence-corrected chi connectivity index (χ0v) is 15.3. The fourth-order valence-corrected chi connectivity index (χ4v) is 3.73. The zero-order valence-electron chi connectivity index (χ0n) is 15.3. The number of nitrogens with two attached hydrogens (primary N) is 1. The number of hydrogen-bond acceptors (Lipinski definition) is 5. The predicted octanol–water partition coefficient (Wildman–Crippen LogP) is 3.87. The van der Waals surface area contributed by atoms with Crippen LogP contribution in [0.1, 0.15) is 57.4 Å². The van der Waals surface area contributed by atoms with Crippen LogP contribution >= 0.6 is 0 Å². The van der Waals surface area contributed by atoms with Gasteiger partial charge >= 0.3 is 11.9 Å². The minimum atomic E-state index is -0.785. The van der Waals surface area contributed by atoms with E-state index in [1.54, 1.807) is 18.2 Å². The molecule has 26 heavy (non-hydrogen) atoms. The van der Waals surface area contributed by atoms with E-state index in [2.05, 4.69) is 6.92 Å². The van der Waals surface area contributed by atoms with Crippen molar-refractivity contribution in [3.63, 3.8) is 0 Å². The Kier molecular flexibility index (Phi) is 5.96. The molecular weight excluding hydrogens is 330 g/mol. The Labute approximate surface area is 154 Å². The highest BCUT2D eigenvalue weighted by Gasteiger charge is 2.55. The molecule has 0 aliphatic carbocycles. The number of fused-ring (bicyclic) bond motifs is 1. The number of anilines is 1. The Morgan fingerprint density at radius 1 is 1.00 bits per heavy atom. The molecule has 0 spiro atoms. The van der Waals surface area contributed by atoms with Gasteiger partial charge in [0.25, 0.3) is 0 Å². The summed E-state index contributed by atoms with van der Waals surface area (Å²) in [4.78, 5) is 24.4. The lowest BCUT2D eigenvalue weighted by molar-refractivity contribution is -0.156. The third kappa shape index (κ3) is 4.09. The van der Waals surface area contributed by atoms with Crippen molar-refractivity contribution in [2.75, 3.05) is 5.73 Å². The van der Waals surface area contributed by atoms with Crippen LogP contribution in [-0.2, 0) is 19.1 Å². The van der Waals surface area contributed by atoms with Gasteiger partial charge in [0.05, 0.1) is 5.92 Å². The van der Waals surface area contributed by atoms with Crippen molar-refractivity contribution in [1.29, 1.82) is 0 Å². The first-order chi connectivity index (χ1) is 12.6. The van der Waals surface area contributed by atoms with Crippen molar-refractivity contribution in [3.05, 3.63) is 35.4 Å². The Hall–Kier alpha value is -2.30. The summed E-state index contributed by atoms with van der Waals surface area (Å²) in [7, 11) is 0. The van der Waals surface area contributed by atoms with E-state index in [9.17, 15) is 9.59 Å². The van der Waals surface area contributed by atoms with Crippen LogP contribution in [0.15, 0.2) is 29.8 Å². The Balaban J connectivity index is 1.67. The molecule has 1 aromatic rings. The lowest BCUT2D eigenvalue weighted by Gasteiger charge is -2.15. The molecule has 5 heteroatoms. The van der Waals surface area contributed by atoms with Gasteiger partial charge in [0.2, 0.25) is 6.10 Å². The lowest BCUT2D eigenvalue weighted by Crippen LogP contribution is -2.22. The maximum Gasteiger partial charge on any atom is 0.348 e. The van der Waals surface area contributed by atoms with Gasteiger partial charge in [-0.1, -0.05) is 51.2 Å². The van der Waals surface area contributed by atoms with Gasteiger partial charge in [-0.05, 0) is 36.6 Å². The number of carbonyl (C=O) groups is 2. The van der Waals surface area contributed by atoms with Crippen LogP contribution in [0.3, 0.4) is 0 Å². The summed E-state index contributed by atoms with van der Waals surface area (Å²) in [6.07, 6.45) is 8.56. The first-order valence-corrected chi connectivity index (χ1v) is 9.58. The monoisotopic (exact) mass is 357 g/mol. The molecule has 3 rings (SSSR count). The molecule has 5 nitrogen and oxygen atoms in total. The first-order valence-electron chi connectivity index (χ1n) is 9.58. The number of hydrogen-bond donors (Lipinski definition) is 1. The number of rotatable bonds is 8. The van der Waals surface area contributed by atoms with E-state index < -0.39 is 18.0 Å². The van der Waals surface area contributed by atoms with E-state index in [4.69, 9.17) is 15.2 Å². The maximum atomic E-state index is 12.3. The Morgan fingerprint density at radius 2 is 1.69 bits per heavy atom. The lowest BCUT2D eigenvalue weighted by atomic mass is 9.88. The summed E-state index contributed by atoms with van der Waals surface area (Å²) in [6.45, 7) is 2.20. The van der Waals surface area contributed by atoms with Crippen molar-refractivity contribution in [2.45, 2.75) is 64.1 Å². The van der Waals surface area contributed by atoms with Crippen LogP contribution in [0.2, 0.25) is 0 Å². The number of carbonyl (C=O) groups excluding carboxylic acids is 2. The third-order valence-electron chi connectivity index (χ3n) is 5.16. The SMILES string of the molecule is CCCCCCCC[C@H]1OC(=O)[C@@H]2OC(=O)/C(=C\c3ccc(N)cc3)[C@H]12. The summed E-state index contributed by atoms with van der Waals surface area (Å²) < 4.78 is 10.8. The summed E-state index contributed by atoms with van der Waals surface area (Å²) in [5.41, 5.74) is 7.77. The number of cyclic esters (lactones) is 1. The fraction of sp³-hybridized carbons (Fsp3) is 0.524. The van der Waals surface area contributed by atoms with E-state index in [1.165, 1.54) is 25.7 Å². The fourth-order valence-electron chi connectivity index (χ4n) is 3.73. The molecule has 2 saturated heterocycles. The number of ether oxygens (including phenoxy) is 2. The smallest absolute Gasteiger partial charge is 0.348 e. The number of unbranched alkanes of at least 4 members (excludes halogenated alkanes) is 5. The van der Waals surface area contributed by atoms with Crippen molar-refractivity contribution in [1.82, 2.24) is 0 Å². The van der Waals surface area contributed by atoms with Gasteiger partial charge in [-0.2, -0.15) is 0 Å². The highest BCUT2D eigenvalue weighted by Crippen LogP contribution is 2.40. The summed E-state index contributed by atoms with van der Waals surface area (Å²) >= 11 is 0. The van der Waals surface area contributed by atoms with E-state index in [0.29, 0.717) is 11.3 Å². The van der Waals surface area contributed by atoms with Crippen molar-refractivity contribution >= 4 is 23.7 Å². The first kappa shape index (κ1) is 18.5. The van der Waals surface area contributed by atoms with Crippen LogP contribution in [0.4, 0.5) is 5.69 Å². The zero-order chi connectivity index (χ0) is 18.5. The molecule has 0 unspecified atom stereocenters. The molecule has 2 fully saturated rings. The van der Waals surface area contributed by atoms with Crippen molar-refractivity contribution in [2.24, 2.45) is 5.92 Å². The molecule has 0 aromatic heterocycles. The minimum absolute atomic E-state index is 0.273. The molecular formula is C21H27NO4. The van der Waals surface area contributed by atoms with E-state index in [0.717, 1.165) is 24.8 Å². The normalized spacial score (nSPS) is 26.0. The van der Waals surface area contributed by atoms with Gasteiger partial charge in [0.15, 0.2) is 0 Å². The summed E-state index contributed by atoms with van der Waals surface area (Å²) in [5.74, 6) is -1.13. The molecule has 2 aliphatic rings. The Bertz CT molecular complexity index is 680. The van der Waals surface area contributed by atoms with Crippen LogP contribution < -0.4 is 5.73 Å². The standard InChI is InChI=1S/C21H27NO4/c1-2-3-4-5-6-7-8-17-18-16(13-14-9-11-15(22)12-10-14)20(23)26-19(18)21(24)25-17/h9-13,17-19H,2-8,22H2,1H3/b16-13-/t17-,18-,19-/m1/s1. The van der Waals surface area contributed by atoms with E-state index in [1.807, 2.05) is 12.1 Å². The third-order valence-corrected chi connectivity index (χ3v) is 5.16. The van der Waals surface area contributed by atoms with Gasteiger partial charge in [0.1, 0.15) is 6.10 Å².